The van der Waals surface area contributed by atoms with Crippen LogP contribution in [0.25, 0.3) is 10.9 Å². The number of fused-ring (bicyclic) bond motifs is 1. The van der Waals surface area contributed by atoms with Crippen LogP contribution in [0, 0.1) is 6.92 Å². The lowest BCUT2D eigenvalue weighted by molar-refractivity contribution is 0.0364. The summed E-state index contributed by atoms with van der Waals surface area (Å²) in [7, 11) is 0. The molecule has 0 bridgehead atoms. The highest BCUT2D eigenvalue weighted by molar-refractivity contribution is 5.80. The Morgan fingerprint density at radius 2 is 1.97 bits per heavy atom. The topological polar surface area (TPSA) is 77.7 Å². The molecule has 1 aliphatic carbocycles. The number of morpholine rings is 1. The number of aromatic nitrogens is 1. The maximum atomic E-state index is 13.2. The summed E-state index contributed by atoms with van der Waals surface area (Å²) in [5.41, 5.74) is 2.46. The number of hydrogen-bond donors (Lipinski definition) is 2. The summed E-state index contributed by atoms with van der Waals surface area (Å²) < 4.78 is 5.43. The monoisotopic (exact) mass is 440 g/mol. The quantitative estimate of drug-likeness (QED) is 0.692. The van der Waals surface area contributed by atoms with Gasteiger partial charge in [-0.15, -0.1) is 0 Å². The molecule has 1 aromatic carbocycles. The van der Waals surface area contributed by atoms with Gasteiger partial charge in [0, 0.05) is 43.3 Å². The number of pyridine rings is 1. The second-order valence-corrected chi connectivity index (χ2v) is 9.23. The molecule has 1 saturated carbocycles. The number of hydrogen-bond acceptors (Lipinski definition) is 4. The highest BCUT2D eigenvalue weighted by Gasteiger charge is 2.21. The molecule has 4 rings (SSSR count). The number of carbonyl (C=O) groups is 1. The molecule has 1 aromatic heterocycles. The summed E-state index contributed by atoms with van der Waals surface area (Å²) in [6, 6.07) is 8.17. The van der Waals surface area contributed by atoms with Gasteiger partial charge in [0.15, 0.2) is 0 Å². The molecule has 2 aromatic rings. The number of nitrogens with zero attached hydrogens (tertiary/aromatic N) is 2. The van der Waals surface area contributed by atoms with Crippen molar-refractivity contribution in [3.05, 3.63) is 45.7 Å². The third-order valence-electron chi connectivity index (χ3n) is 6.67. The van der Waals surface area contributed by atoms with Crippen molar-refractivity contribution in [3.8, 4) is 0 Å². The number of carbonyl (C=O) groups excluding carboxylic acids is 1. The second-order valence-electron chi connectivity index (χ2n) is 9.23. The van der Waals surface area contributed by atoms with E-state index < -0.39 is 0 Å². The van der Waals surface area contributed by atoms with Gasteiger partial charge in [0.05, 0.1) is 19.8 Å². The van der Waals surface area contributed by atoms with Gasteiger partial charge in [-0.05, 0) is 49.3 Å². The first-order chi connectivity index (χ1) is 15.6. The lowest BCUT2D eigenvalue weighted by Crippen LogP contribution is -2.46. The molecule has 2 N–H and O–H groups in total. The predicted molar refractivity (Wildman–Crippen MR) is 127 cm³/mol. The molecule has 0 unspecified atom stereocenters. The Morgan fingerprint density at radius 1 is 1.19 bits per heavy atom. The Bertz CT molecular complexity index is 961. The average molecular weight is 441 g/mol. The Balaban J connectivity index is 1.46. The normalized spacial score (nSPS) is 18.0. The lowest BCUT2D eigenvalue weighted by Gasteiger charge is -2.30. The maximum Gasteiger partial charge on any atom is 0.317 e. The number of aromatic amines is 1. The largest absolute Gasteiger partial charge is 0.379 e. The number of benzene rings is 1. The van der Waals surface area contributed by atoms with E-state index in [1.165, 1.54) is 19.3 Å². The molecule has 0 atom stereocenters. The van der Waals surface area contributed by atoms with E-state index in [4.69, 9.17) is 4.74 Å². The zero-order valence-electron chi connectivity index (χ0n) is 19.2. The summed E-state index contributed by atoms with van der Waals surface area (Å²) in [5, 5.41) is 4.22. The third-order valence-corrected chi connectivity index (χ3v) is 6.67. The van der Waals surface area contributed by atoms with Crippen LogP contribution in [0.3, 0.4) is 0 Å². The minimum atomic E-state index is -0.119. The number of amides is 2. The molecule has 2 fully saturated rings. The number of nitrogens with one attached hydrogen (secondary N) is 2. The summed E-state index contributed by atoms with van der Waals surface area (Å²) in [4.78, 5) is 33.2. The number of ether oxygens (including phenoxy) is 1. The van der Waals surface area contributed by atoms with Gasteiger partial charge in [-0.1, -0.05) is 31.4 Å². The summed E-state index contributed by atoms with van der Waals surface area (Å²) in [6.07, 6.45) is 6.56. The van der Waals surface area contributed by atoms with Crippen LogP contribution in [0.4, 0.5) is 4.79 Å². The van der Waals surface area contributed by atoms with Crippen molar-refractivity contribution in [3.63, 3.8) is 0 Å². The van der Waals surface area contributed by atoms with E-state index in [9.17, 15) is 9.59 Å². The van der Waals surface area contributed by atoms with E-state index >= 15 is 0 Å². The Morgan fingerprint density at radius 3 is 2.75 bits per heavy atom. The van der Waals surface area contributed by atoms with Crippen LogP contribution < -0.4 is 10.9 Å². The van der Waals surface area contributed by atoms with E-state index in [2.05, 4.69) is 15.2 Å². The van der Waals surface area contributed by atoms with Crippen molar-refractivity contribution in [2.75, 3.05) is 39.4 Å². The molecule has 174 valence electrons. The van der Waals surface area contributed by atoms with E-state index in [1.807, 2.05) is 36.1 Å². The van der Waals surface area contributed by atoms with Crippen molar-refractivity contribution in [1.29, 1.82) is 0 Å². The van der Waals surface area contributed by atoms with Crippen LogP contribution >= 0.6 is 0 Å². The predicted octanol–water partition coefficient (Wildman–Crippen LogP) is 3.40. The molecular weight excluding hydrogens is 404 g/mol. The highest BCUT2D eigenvalue weighted by atomic mass is 16.5. The standard InChI is InChI=1S/C25H36N4O3/c1-19-8-9-20-17-21(24(30)27-23(20)16-19)18-29(11-5-10-28-12-14-32-15-13-28)25(31)26-22-6-3-2-4-7-22/h8-9,16-17,22H,2-7,10-15,18H2,1H3,(H,26,31)(H,27,30). The van der Waals surface area contributed by atoms with Crippen molar-refractivity contribution < 1.29 is 9.53 Å². The molecule has 7 heteroatoms. The van der Waals surface area contributed by atoms with E-state index in [0.29, 0.717) is 18.7 Å². The van der Waals surface area contributed by atoms with Gasteiger partial charge in [0.1, 0.15) is 0 Å². The first-order valence-electron chi connectivity index (χ1n) is 12.1. The molecule has 0 spiro atoms. The van der Waals surface area contributed by atoms with Crippen LogP contribution in [0.2, 0.25) is 0 Å². The minimum Gasteiger partial charge on any atom is -0.379 e. The van der Waals surface area contributed by atoms with Gasteiger partial charge in [-0.25, -0.2) is 4.79 Å². The van der Waals surface area contributed by atoms with E-state index in [0.717, 1.165) is 68.6 Å². The summed E-state index contributed by atoms with van der Waals surface area (Å²) >= 11 is 0. The van der Waals surface area contributed by atoms with Crippen molar-refractivity contribution in [1.82, 2.24) is 20.1 Å². The fraction of sp³-hybridized carbons (Fsp3) is 0.600. The highest BCUT2D eigenvalue weighted by Crippen LogP contribution is 2.18. The van der Waals surface area contributed by atoms with Crippen LogP contribution in [0.1, 0.15) is 49.7 Å². The molecule has 1 aliphatic heterocycles. The Kier molecular flexibility index (Phi) is 7.81. The number of rotatable bonds is 7. The number of H-pyrrole nitrogens is 1. The number of aryl methyl sites for hydroxylation is 1. The number of urea groups is 1. The molecular formula is C25H36N4O3. The van der Waals surface area contributed by atoms with E-state index in [-0.39, 0.29) is 17.6 Å². The van der Waals surface area contributed by atoms with Crippen LogP contribution in [-0.2, 0) is 11.3 Å². The third kappa shape index (κ3) is 6.11. The molecule has 2 amide bonds. The molecule has 2 heterocycles. The molecule has 1 saturated heterocycles. The Labute approximate surface area is 190 Å². The van der Waals surface area contributed by atoms with Crippen molar-refractivity contribution in [2.45, 2.75) is 58.0 Å². The van der Waals surface area contributed by atoms with Crippen LogP contribution in [0.5, 0.6) is 0 Å². The minimum absolute atomic E-state index is 0.0534. The molecule has 2 aliphatic rings. The SMILES string of the molecule is Cc1ccc2cc(CN(CCCN3CCOCC3)C(=O)NC3CCCCC3)c(=O)[nH]c2c1. The molecule has 7 nitrogen and oxygen atoms in total. The first-order valence-corrected chi connectivity index (χ1v) is 12.1. The average Bonchev–Trinajstić information content (AvgIpc) is 2.80. The smallest absolute Gasteiger partial charge is 0.317 e. The first kappa shape index (κ1) is 22.8. The van der Waals surface area contributed by atoms with Gasteiger partial charge in [0.25, 0.3) is 5.56 Å². The van der Waals surface area contributed by atoms with Crippen molar-refractivity contribution in [2.24, 2.45) is 0 Å². The van der Waals surface area contributed by atoms with Gasteiger partial charge >= 0.3 is 6.03 Å². The van der Waals surface area contributed by atoms with E-state index in [1.54, 1.807) is 0 Å². The fourth-order valence-corrected chi connectivity index (χ4v) is 4.76. The van der Waals surface area contributed by atoms with Gasteiger partial charge in [-0.2, -0.15) is 0 Å². The van der Waals surface area contributed by atoms with Gasteiger partial charge in [0.2, 0.25) is 0 Å². The van der Waals surface area contributed by atoms with Crippen LogP contribution in [-0.4, -0.2) is 66.2 Å². The zero-order valence-corrected chi connectivity index (χ0v) is 19.2. The van der Waals surface area contributed by atoms with Crippen molar-refractivity contribution >= 4 is 16.9 Å². The van der Waals surface area contributed by atoms with Crippen LogP contribution in [0.15, 0.2) is 29.1 Å². The zero-order chi connectivity index (χ0) is 22.3. The Hall–Kier alpha value is -2.38. The van der Waals surface area contributed by atoms with Gasteiger partial charge < -0.3 is 19.9 Å². The lowest BCUT2D eigenvalue weighted by atomic mass is 9.96. The summed E-state index contributed by atoms with van der Waals surface area (Å²) in [5.74, 6) is 0. The second kappa shape index (κ2) is 11.0. The molecule has 0 radical (unpaired) electrons. The molecule has 32 heavy (non-hydrogen) atoms. The maximum absolute atomic E-state index is 13.2. The van der Waals surface area contributed by atoms with Gasteiger partial charge in [-0.3, -0.25) is 9.69 Å². The summed E-state index contributed by atoms with van der Waals surface area (Å²) in [6.45, 7) is 7.33. The fourth-order valence-electron chi connectivity index (χ4n) is 4.76.